The van der Waals surface area contributed by atoms with E-state index in [9.17, 15) is 0 Å². The molecule has 2 aromatic heterocycles. The maximum Gasteiger partial charge on any atom is 0.149 e. The largest absolute Gasteiger partial charge is 0.382 e. The first-order chi connectivity index (χ1) is 9.24. The highest BCUT2D eigenvalue weighted by Gasteiger charge is 2.19. The number of nitrogens with zero attached hydrogens (tertiary/aromatic N) is 2. The average molecular weight is 296 g/mol. The van der Waals surface area contributed by atoms with Gasteiger partial charge in [-0.3, -0.25) is 0 Å². The Bertz CT molecular complexity index is 560. The molecule has 0 aliphatic carbocycles. The summed E-state index contributed by atoms with van der Waals surface area (Å²) >= 11 is 3.01. The first kappa shape index (κ1) is 12.8. The Balaban J connectivity index is 1.78. The van der Waals surface area contributed by atoms with E-state index in [-0.39, 0.29) is 0 Å². The van der Waals surface area contributed by atoms with Crippen molar-refractivity contribution in [1.29, 1.82) is 0 Å². The normalized spacial score (nSPS) is 18.9. The van der Waals surface area contributed by atoms with Gasteiger partial charge in [-0.05, 0) is 24.9 Å². The van der Waals surface area contributed by atoms with E-state index in [1.54, 1.807) is 11.3 Å². The minimum Gasteiger partial charge on any atom is -0.382 e. The van der Waals surface area contributed by atoms with Gasteiger partial charge in [0.2, 0.25) is 0 Å². The fraction of sp³-hybridized carbons (Fsp3) is 0.500. The summed E-state index contributed by atoms with van der Waals surface area (Å²) in [6.45, 7) is 4.60. The molecule has 7 heteroatoms. The number of nitrogens with one attached hydrogen (secondary N) is 1. The molecule has 1 saturated heterocycles. The van der Waals surface area contributed by atoms with Crippen LogP contribution in [0.15, 0.2) is 5.38 Å². The molecule has 102 valence electrons. The third-order valence-electron chi connectivity index (χ3n) is 3.13. The molecule has 1 atom stereocenters. The zero-order valence-corrected chi connectivity index (χ0v) is 12.3. The Kier molecular flexibility index (Phi) is 3.67. The van der Waals surface area contributed by atoms with E-state index in [2.05, 4.69) is 14.7 Å². The van der Waals surface area contributed by atoms with Crippen molar-refractivity contribution >= 4 is 33.7 Å². The lowest BCUT2D eigenvalue weighted by Gasteiger charge is -2.09. The van der Waals surface area contributed by atoms with Crippen LogP contribution in [0.4, 0.5) is 10.8 Å². The molecule has 1 aliphatic rings. The maximum atomic E-state index is 5.97. The van der Waals surface area contributed by atoms with E-state index in [4.69, 9.17) is 10.5 Å². The average Bonchev–Trinajstić information content (AvgIpc) is 3.08. The number of ether oxygens (including phenoxy) is 1. The summed E-state index contributed by atoms with van der Waals surface area (Å²) < 4.78 is 9.62. The van der Waals surface area contributed by atoms with Gasteiger partial charge in [0.05, 0.1) is 12.2 Å². The fourth-order valence-electron chi connectivity index (χ4n) is 2.08. The third-order valence-corrected chi connectivity index (χ3v) is 4.92. The molecule has 5 nitrogen and oxygen atoms in total. The van der Waals surface area contributed by atoms with Crippen molar-refractivity contribution in [1.82, 2.24) is 9.36 Å². The molecular weight excluding hydrogens is 280 g/mol. The summed E-state index contributed by atoms with van der Waals surface area (Å²) in [5.74, 6) is 1.14. The Morgan fingerprint density at radius 3 is 3.16 bits per heavy atom. The summed E-state index contributed by atoms with van der Waals surface area (Å²) in [4.78, 5) is 4.49. The lowest BCUT2D eigenvalue weighted by Crippen LogP contribution is -2.13. The molecule has 19 heavy (non-hydrogen) atoms. The van der Waals surface area contributed by atoms with Crippen LogP contribution < -0.4 is 11.1 Å². The summed E-state index contributed by atoms with van der Waals surface area (Å²) in [6.07, 6.45) is 1.12. The zero-order chi connectivity index (χ0) is 13.2. The van der Waals surface area contributed by atoms with Gasteiger partial charge in [0.15, 0.2) is 0 Å². The lowest BCUT2D eigenvalue weighted by molar-refractivity contribution is 0.187. The number of nitrogens with two attached hydrogens (primary N) is 1. The molecule has 1 aliphatic heterocycles. The van der Waals surface area contributed by atoms with Crippen LogP contribution in [0.5, 0.6) is 0 Å². The number of aryl methyl sites for hydroxylation is 1. The van der Waals surface area contributed by atoms with Crippen molar-refractivity contribution < 1.29 is 4.74 Å². The van der Waals surface area contributed by atoms with E-state index in [0.29, 0.717) is 11.7 Å². The van der Waals surface area contributed by atoms with Crippen molar-refractivity contribution in [2.75, 3.05) is 30.8 Å². The second-order valence-corrected chi connectivity index (χ2v) is 6.31. The smallest absolute Gasteiger partial charge is 0.149 e. The molecule has 2 aromatic rings. The van der Waals surface area contributed by atoms with Crippen molar-refractivity contribution in [2.45, 2.75) is 13.3 Å². The van der Waals surface area contributed by atoms with Crippen LogP contribution in [0.2, 0.25) is 0 Å². The van der Waals surface area contributed by atoms with Crippen LogP contribution in [0.25, 0.3) is 10.6 Å². The van der Waals surface area contributed by atoms with Gasteiger partial charge >= 0.3 is 0 Å². The van der Waals surface area contributed by atoms with E-state index in [0.717, 1.165) is 47.4 Å². The molecule has 0 bridgehead atoms. The molecule has 1 fully saturated rings. The monoisotopic (exact) mass is 296 g/mol. The minimum atomic E-state index is 0.560. The van der Waals surface area contributed by atoms with Gasteiger partial charge in [0.25, 0.3) is 0 Å². The molecule has 0 saturated carbocycles. The second-order valence-electron chi connectivity index (χ2n) is 4.68. The predicted molar refractivity (Wildman–Crippen MR) is 79.8 cm³/mol. The molecule has 3 heterocycles. The number of aromatic nitrogens is 2. The van der Waals surface area contributed by atoms with Gasteiger partial charge in [0.1, 0.15) is 15.8 Å². The van der Waals surface area contributed by atoms with E-state index >= 15 is 0 Å². The van der Waals surface area contributed by atoms with Crippen LogP contribution >= 0.6 is 22.9 Å². The van der Waals surface area contributed by atoms with Gasteiger partial charge in [-0.2, -0.15) is 4.37 Å². The SMILES string of the molecule is Cc1csc(-c2c(N)nsc2NCC2CCOC2)n1. The number of hydrogen-bond donors (Lipinski definition) is 2. The van der Waals surface area contributed by atoms with Crippen molar-refractivity contribution in [2.24, 2.45) is 5.92 Å². The minimum absolute atomic E-state index is 0.560. The summed E-state index contributed by atoms with van der Waals surface area (Å²) in [5.41, 5.74) is 7.93. The standard InChI is InChI=1S/C12H16N4OS2/c1-7-6-18-12(15-7)9-10(13)16-19-11(9)14-4-8-2-3-17-5-8/h6,8,14H,2-5H2,1H3,(H2,13,16). The van der Waals surface area contributed by atoms with Gasteiger partial charge < -0.3 is 15.8 Å². The van der Waals surface area contributed by atoms with E-state index < -0.39 is 0 Å². The second kappa shape index (κ2) is 5.44. The van der Waals surface area contributed by atoms with Crippen LogP contribution in [-0.4, -0.2) is 29.1 Å². The van der Waals surface area contributed by atoms with Crippen molar-refractivity contribution in [3.05, 3.63) is 11.1 Å². The molecule has 0 spiro atoms. The summed E-state index contributed by atoms with van der Waals surface area (Å²) in [7, 11) is 0. The Morgan fingerprint density at radius 1 is 1.58 bits per heavy atom. The molecule has 3 rings (SSSR count). The Labute approximate surface area is 120 Å². The van der Waals surface area contributed by atoms with E-state index in [1.165, 1.54) is 11.5 Å². The highest BCUT2D eigenvalue weighted by molar-refractivity contribution is 7.15. The number of rotatable bonds is 4. The summed E-state index contributed by atoms with van der Waals surface area (Å²) in [6, 6.07) is 0. The van der Waals surface area contributed by atoms with Gasteiger partial charge in [0, 0.05) is 30.1 Å². The third kappa shape index (κ3) is 2.72. The van der Waals surface area contributed by atoms with Crippen LogP contribution in [0, 0.1) is 12.8 Å². The first-order valence-corrected chi connectivity index (χ1v) is 7.88. The van der Waals surface area contributed by atoms with Gasteiger partial charge in [-0.1, -0.05) is 0 Å². The Morgan fingerprint density at radius 2 is 2.47 bits per heavy atom. The highest BCUT2D eigenvalue weighted by Crippen LogP contribution is 2.38. The molecule has 1 unspecified atom stereocenters. The van der Waals surface area contributed by atoms with E-state index in [1.807, 2.05) is 12.3 Å². The van der Waals surface area contributed by atoms with Crippen LogP contribution in [0.3, 0.4) is 0 Å². The highest BCUT2D eigenvalue weighted by atomic mass is 32.1. The number of thiazole rings is 1. The number of anilines is 2. The molecule has 3 N–H and O–H groups in total. The Hall–Kier alpha value is -1.18. The maximum absolute atomic E-state index is 5.97. The molecule has 0 aromatic carbocycles. The molecule has 0 radical (unpaired) electrons. The molecule has 0 amide bonds. The quantitative estimate of drug-likeness (QED) is 0.907. The first-order valence-electron chi connectivity index (χ1n) is 6.23. The van der Waals surface area contributed by atoms with Crippen LogP contribution in [0.1, 0.15) is 12.1 Å². The zero-order valence-electron chi connectivity index (χ0n) is 10.7. The lowest BCUT2D eigenvalue weighted by atomic mass is 10.1. The van der Waals surface area contributed by atoms with Crippen LogP contribution in [-0.2, 0) is 4.74 Å². The predicted octanol–water partition coefficient (Wildman–Crippen LogP) is 2.61. The topological polar surface area (TPSA) is 73.1 Å². The van der Waals surface area contributed by atoms with Gasteiger partial charge in [-0.25, -0.2) is 4.98 Å². The van der Waals surface area contributed by atoms with Gasteiger partial charge in [-0.15, -0.1) is 11.3 Å². The molecular formula is C12H16N4OS2. The van der Waals surface area contributed by atoms with Crippen molar-refractivity contribution in [3.63, 3.8) is 0 Å². The number of nitrogen functional groups attached to an aromatic ring is 1. The van der Waals surface area contributed by atoms with Crippen molar-refractivity contribution in [3.8, 4) is 10.6 Å². The summed E-state index contributed by atoms with van der Waals surface area (Å²) in [5, 5.41) is 7.43. The fourth-order valence-corrected chi connectivity index (χ4v) is 3.72. The number of hydrogen-bond acceptors (Lipinski definition) is 7.